The molecular formula is C15H31NO. The number of hydrogen-bond donors (Lipinski definition) is 1. The SMILES string of the molecule is CCNC(C1CCC(CC)CC1)C(CC)OC. The van der Waals surface area contributed by atoms with Gasteiger partial charge in [-0.1, -0.05) is 40.0 Å². The van der Waals surface area contributed by atoms with E-state index in [0.717, 1.165) is 24.8 Å². The summed E-state index contributed by atoms with van der Waals surface area (Å²) < 4.78 is 5.66. The second kappa shape index (κ2) is 8.10. The maximum Gasteiger partial charge on any atom is 0.0724 e. The van der Waals surface area contributed by atoms with E-state index in [1.807, 2.05) is 7.11 Å². The van der Waals surface area contributed by atoms with Gasteiger partial charge in [-0.25, -0.2) is 0 Å². The van der Waals surface area contributed by atoms with Crippen molar-refractivity contribution in [2.75, 3.05) is 13.7 Å². The van der Waals surface area contributed by atoms with E-state index in [4.69, 9.17) is 4.74 Å². The summed E-state index contributed by atoms with van der Waals surface area (Å²) in [4.78, 5) is 0. The molecule has 0 amide bonds. The van der Waals surface area contributed by atoms with Crippen LogP contribution in [0.5, 0.6) is 0 Å². The molecule has 1 aliphatic rings. The van der Waals surface area contributed by atoms with E-state index in [1.165, 1.54) is 32.1 Å². The van der Waals surface area contributed by atoms with Gasteiger partial charge in [-0.15, -0.1) is 0 Å². The minimum atomic E-state index is 0.387. The first kappa shape index (κ1) is 15.0. The van der Waals surface area contributed by atoms with Crippen LogP contribution < -0.4 is 5.32 Å². The average Bonchev–Trinajstić information content (AvgIpc) is 2.39. The molecule has 0 aromatic rings. The minimum Gasteiger partial charge on any atom is -0.380 e. The Kier molecular flexibility index (Phi) is 7.14. The van der Waals surface area contributed by atoms with Gasteiger partial charge in [-0.2, -0.15) is 0 Å². The van der Waals surface area contributed by atoms with Crippen LogP contribution in [0.2, 0.25) is 0 Å². The van der Waals surface area contributed by atoms with Gasteiger partial charge >= 0.3 is 0 Å². The monoisotopic (exact) mass is 241 g/mol. The highest BCUT2D eigenvalue weighted by atomic mass is 16.5. The summed E-state index contributed by atoms with van der Waals surface area (Å²) in [6.45, 7) is 7.82. The fourth-order valence-corrected chi connectivity index (χ4v) is 3.36. The highest BCUT2D eigenvalue weighted by Crippen LogP contribution is 2.34. The predicted octanol–water partition coefficient (Wildman–Crippen LogP) is 3.61. The van der Waals surface area contributed by atoms with Crippen molar-refractivity contribution >= 4 is 0 Å². The van der Waals surface area contributed by atoms with E-state index in [1.54, 1.807) is 0 Å². The maximum atomic E-state index is 5.66. The molecule has 2 nitrogen and oxygen atoms in total. The Morgan fingerprint density at radius 3 is 2.18 bits per heavy atom. The first-order valence-electron chi connectivity index (χ1n) is 7.52. The zero-order chi connectivity index (χ0) is 12.7. The summed E-state index contributed by atoms with van der Waals surface area (Å²) >= 11 is 0. The number of ether oxygens (including phenoxy) is 1. The van der Waals surface area contributed by atoms with Crippen LogP contribution >= 0.6 is 0 Å². The summed E-state index contributed by atoms with van der Waals surface area (Å²) in [6, 6.07) is 0.563. The number of nitrogens with one attached hydrogen (secondary N) is 1. The van der Waals surface area contributed by atoms with E-state index >= 15 is 0 Å². The van der Waals surface area contributed by atoms with Gasteiger partial charge in [0, 0.05) is 13.2 Å². The molecule has 0 bridgehead atoms. The maximum absolute atomic E-state index is 5.66. The van der Waals surface area contributed by atoms with Crippen LogP contribution in [0.3, 0.4) is 0 Å². The van der Waals surface area contributed by atoms with Crippen LogP contribution in [0.25, 0.3) is 0 Å². The van der Waals surface area contributed by atoms with E-state index in [-0.39, 0.29) is 0 Å². The molecule has 1 N–H and O–H groups in total. The minimum absolute atomic E-state index is 0.387. The van der Waals surface area contributed by atoms with Crippen molar-refractivity contribution in [3.8, 4) is 0 Å². The van der Waals surface area contributed by atoms with Crippen LogP contribution in [-0.4, -0.2) is 25.8 Å². The van der Waals surface area contributed by atoms with Crippen molar-refractivity contribution in [2.24, 2.45) is 11.8 Å². The average molecular weight is 241 g/mol. The molecule has 17 heavy (non-hydrogen) atoms. The molecule has 0 aromatic carbocycles. The largest absolute Gasteiger partial charge is 0.380 e. The van der Waals surface area contributed by atoms with Gasteiger partial charge in [0.15, 0.2) is 0 Å². The Morgan fingerprint density at radius 2 is 1.76 bits per heavy atom. The van der Waals surface area contributed by atoms with Gasteiger partial charge in [0.05, 0.1) is 6.10 Å². The number of likely N-dealkylation sites (N-methyl/N-ethyl adjacent to an activating group) is 1. The molecule has 1 rings (SSSR count). The van der Waals surface area contributed by atoms with Crippen molar-refractivity contribution in [2.45, 2.75) is 71.4 Å². The van der Waals surface area contributed by atoms with Gasteiger partial charge in [0.1, 0.15) is 0 Å². The van der Waals surface area contributed by atoms with Crippen molar-refractivity contribution in [1.82, 2.24) is 5.32 Å². The third kappa shape index (κ3) is 4.26. The second-order valence-electron chi connectivity index (χ2n) is 5.45. The van der Waals surface area contributed by atoms with Crippen LogP contribution in [0, 0.1) is 11.8 Å². The molecule has 2 atom stereocenters. The molecule has 0 saturated heterocycles. The molecule has 1 saturated carbocycles. The standard InChI is InChI=1S/C15H31NO/c1-5-12-8-10-13(11-9-12)15(16-7-3)14(6-2)17-4/h12-16H,5-11H2,1-4H3. The molecule has 2 heteroatoms. The zero-order valence-electron chi connectivity index (χ0n) is 12.2. The van der Waals surface area contributed by atoms with Crippen LogP contribution in [0.15, 0.2) is 0 Å². The highest BCUT2D eigenvalue weighted by Gasteiger charge is 2.31. The lowest BCUT2D eigenvalue weighted by Crippen LogP contribution is -2.47. The number of methoxy groups -OCH3 is 1. The van der Waals surface area contributed by atoms with Gasteiger partial charge in [0.25, 0.3) is 0 Å². The van der Waals surface area contributed by atoms with Gasteiger partial charge in [-0.05, 0) is 37.6 Å². The van der Waals surface area contributed by atoms with Crippen molar-refractivity contribution in [3.05, 3.63) is 0 Å². The highest BCUT2D eigenvalue weighted by molar-refractivity contribution is 4.86. The Morgan fingerprint density at radius 1 is 1.12 bits per heavy atom. The van der Waals surface area contributed by atoms with Crippen LogP contribution in [0.4, 0.5) is 0 Å². The molecule has 0 heterocycles. The molecular weight excluding hydrogens is 210 g/mol. The third-order valence-electron chi connectivity index (χ3n) is 4.52. The number of rotatable bonds is 7. The van der Waals surface area contributed by atoms with E-state index < -0.39 is 0 Å². The number of hydrogen-bond acceptors (Lipinski definition) is 2. The second-order valence-corrected chi connectivity index (χ2v) is 5.45. The molecule has 1 aliphatic carbocycles. The Bertz CT molecular complexity index is 183. The van der Waals surface area contributed by atoms with E-state index in [2.05, 4.69) is 26.1 Å². The topological polar surface area (TPSA) is 21.3 Å². The lowest BCUT2D eigenvalue weighted by Gasteiger charge is -2.37. The Hall–Kier alpha value is -0.0800. The zero-order valence-corrected chi connectivity index (χ0v) is 12.2. The normalized spacial score (nSPS) is 28.9. The summed E-state index contributed by atoms with van der Waals surface area (Å²) in [5.41, 5.74) is 0. The van der Waals surface area contributed by atoms with Crippen molar-refractivity contribution < 1.29 is 4.74 Å². The van der Waals surface area contributed by atoms with Crippen molar-refractivity contribution in [1.29, 1.82) is 0 Å². The van der Waals surface area contributed by atoms with E-state index in [9.17, 15) is 0 Å². The lowest BCUT2D eigenvalue weighted by atomic mass is 9.76. The van der Waals surface area contributed by atoms with E-state index in [0.29, 0.717) is 12.1 Å². The summed E-state index contributed by atoms with van der Waals surface area (Å²) in [5.74, 6) is 1.80. The molecule has 0 aliphatic heterocycles. The Balaban J connectivity index is 2.52. The molecule has 2 unspecified atom stereocenters. The summed E-state index contributed by atoms with van der Waals surface area (Å²) in [7, 11) is 1.86. The van der Waals surface area contributed by atoms with Crippen molar-refractivity contribution in [3.63, 3.8) is 0 Å². The van der Waals surface area contributed by atoms with Gasteiger partial charge < -0.3 is 10.1 Å². The molecule has 0 aromatic heterocycles. The molecule has 102 valence electrons. The summed E-state index contributed by atoms with van der Waals surface area (Å²) in [5, 5.41) is 3.66. The van der Waals surface area contributed by atoms with Gasteiger partial charge in [-0.3, -0.25) is 0 Å². The molecule has 1 fully saturated rings. The molecule has 0 radical (unpaired) electrons. The third-order valence-corrected chi connectivity index (χ3v) is 4.52. The lowest BCUT2D eigenvalue weighted by molar-refractivity contribution is 0.0335. The van der Waals surface area contributed by atoms with Gasteiger partial charge in [0.2, 0.25) is 0 Å². The smallest absolute Gasteiger partial charge is 0.0724 e. The fraction of sp³-hybridized carbons (Fsp3) is 1.00. The summed E-state index contributed by atoms with van der Waals surface area (Å²) in [6.07, 6.45) is 8.47. The van der Waals surface area contributed by atoms with Crippen LogP contribution in [-0.2, 0) is 4.74 Å². The fourth-order valence-electron chi connectivity index (χ4n) is 3.36. The first-order valence-corrected chi connectivity index (χ1v) is 7.52. The predicted molar refractivity (Wildman–Crippen MR) is 74.3 cm³/mol. The first-order chi connectivity index (χ1) is 8.26. The Labute approximate surface area is 108 Å². The van der Waals surface area contributed by atoms with Crippen LogP contribution in [0.1, 0.15) is 59.3 Å². The molecule has 0 spiro atoms. The quantitative estimate of drug-likeness (QED) is 0.735.